The molecule has 0 amide bonds. The summed E-state index contributed by atoms with van der Waals surface area (Å²) in [5.41, 5.74) is 0.853. The zero-order valence-corrected chi connectivity index (χ0v) is 13.4. The third-order valence-electron chi connectivity index (χ3n) is 2.91. The standard InChI is InChI=1S/C13H10FO3P.Na/c1-8-2-4-10-12(6-8)18(15,16)13-7-9(14)3-5-11(13)17-10;/h2-7H,1H3,(H,15,16);/q;+1. The van der Waals surface area contributed by atoms with E-state index in [0.717, 1.165) is 11.6 Å². The molecular weight excluding hydrogens is 277 g/mol. The molecule has 19 heavy (non-hydrogen) atoms. The summed E-state index contributed by atoms with van der Waals surface area (Å²) in [5, 5.41) is 0.237. The maximum absolute atomic E-state index is 13.2. The van der Waals surface area contributed by atoms with Crippen LogP contribution in [0.2, 0.25) is 0 Å². The molecule has 6 heteroatoms. The Labute approximate surface area is 132 Å². The van der Waals surface area contributed by atoms with Crippen molar-refractivity contribution < 1.29 is 48.1 Å². The first-order valence-electron chi connectivity index (χ1n) is 5.40. The maximum atomic E-state index is 13.2. The van der Waals surface area contributed by atoms with Crippen LogP contribution in [0.5, 0.6) is 11.5 Å². The predicted octanol–water partition coefficient (Wildman–Crippen LogP) is -0.535. The first kappa shape index (κ1) is 14.8. The van der Waals surface area contributed by atoms with Gasteiger partial charge in [0.2, 0.25) is 0 Å². The molecule has 0 saturated heterocycles. The Morgan fingerprint density at radius 1 is 1.11 bits per heavy atom. The summed E-state index contributed by atoms with van der Waals surface area (Å²) in [7, 11) is -3.79. The number of fused-ring (bicyclic) bond motifs is 2. The van der Waals surface area contributed by atoms with Crippen LogP contribution in [0, 0.1) is 12.7 Å². The van der Waals surface area contributed by atoms with Crippen molar-refractivity contribution in [1.29, 1.82) is 0 Å². The fraction of sp³-hybridized carbons (Fsp3) is 0.0769. The number of halogens is 1. The quantitative estimate of drug-likeness (QED) is 0.523. The van der Waals surface area contributed by atoms with Crippen LogP contribution in [-0.4, -0.2) is 4.89 Å². The molecule has 0 spiro atoms. The topological polar surface area (TPSA) is 46.5 Å². The van der Waals surface area contributed by atoms with Gasteiger partial charge in [-0.2, -0.15) is 0 Å². The summed E-state index contributed by atoms with van der Waals surface area (Å²) in [6.45, 7) is 1.82. The van der Waals surface area contributed by atoms with Crippen molar-refractivity contribution in [3.8, 4) is 11.5 Å². The largest absolute Gasteiger partial charge is 1.00 e. The molecule has 3 nitrogen and oxygen atoms in total. The van der Waals surface area contributed by atoms with Crippen molar-refractivity contribution in [2.24, 2.45) is 0 Å². The predicted molar refractivity (Wildman–Crippen MR) is 66.7 cm³/mol. The van der Waals surface area contributed by atoms with E-state index in [1.165, 1.54) is 12.1 Å². The van der Waals surface area contributed by atoms with Gasteiger partial charge in [0, 0.05) is 0 Å². The molecule has 0 bridgehead atoms. The summed E-state index contributed by atoms with van der Waals surface area (Å²) in [6.07, 6.45) is 0. The summed E-state index contributed by atoms with van der Waals surface area (Å²) in [4.78, 5) is 10.2. The van der Waals surface area contributed by atoms with E-state index >= 15 is 0 Å². The molecule has 92 valence electrons. The third-order valence-corrected chi connectivity index (χ3v) is 4.91. The Balaban J connectivity index is 0.00000133. The van der Waals surface area contributed by atoms with Gasteiger partial charge < -0.3 is 9.63 Å². The summed E-state index contributed by atoms with van der Waals surface area (Å²) < 4.78 is 31.2. The minimum Gasteiger partial charge on any atom is -0.456 e. The molecule has 0 aliphatic carbocycles. The van der Waals surface area contributed by atoms with Gasteiger partial charge >= 0.3 is 29.6 Å². The Bertz CT molecular complexity index is 647. The maximum Gasteiger partial charge on any atom is 1.00 e. The van der Waals surface area contributed by atoms with Gasteiger partial charge in [-0.1, -0.05) is 11.6 Å². The average Bonchev–Trinajstić information content (AvgIpc) is 2.32. The second-order valence-electron chi connectivity index (χ2n) is 4.26. The van der Waals surface area contributed by atoms with E-state index in [1.54, 1.807) is 18.2 Å². The molecule has 1 atom stereocenters. The second kappa shape index (κ2) is 5.04. The first-order valence-corrected chi connectivity index (χ1v) is 7.06. The number of benzene rings is 2. The Morgan fingerprint density at radius 3 is 2.37 bits per heavy atom. The minimum absolute atomic E-state index is 0. The zero-order chi connectivity index (χ0) is 12.9. The van der Waals surface area contributed by atoms with Crippen LogP contribution in [0.1, 0.15) is 5.56 Å². The molecule has 2 aromatic rings. The van der Waals surface area contributed by atoms with Crippen LogP contribution < -0.4 is 44.9 Å². The van der Waals surface area contributed by atoms with Gasteiger partial charge in [0.25, 0.3) is 7.37 Å². The van der Waals surface area contributed by atoms with Crippen LogP contribution in [0.4, 0.5) is 4.39 Å². The Kier molecular flexibility index (Phi) is 3.92. The van der Waals surface area contributed by atoms with E-state index in [2.05, 4.69) is 0 Å². The SMILES string of the molecule is Cc1ccc2c(c1)P(=O)(O)c1cc(F)ccc1O2.[Na+]. The fourth-order valence-electron chi connectivity index (χ4n) is 2.01. The second-order valence-corrected chi connectivity index (χ2v) is 6.38. The van der Waals surface area contributed by atoms with Crippen molar-refractivity contribution in [3.63, 3.8) is 0 Å². The van der Waals surface area contributed by atoms with Gasteiger partial charge in [-0.3, -0.25) is 4.57 Å². The van der Waals surface area contributed by atoms with Crippen molar-refractivity contribution in [3.05, 3.63) is 47.8 Å². The van der Waals surface area contributed by atoms with Gasteiger partial charge in [-0.25, -0.2) is 4.39 Å². The fourth-order valence-corrected chi connectivity index (χ4v) is 3.79. The summed E-state index contributed by atoms with van der Waals surface area (Å²) in [5.74, 6) is 0.0341. The van der Waals surface area contributed by atoms with Crippen LogP contribution >= 0.6 is 7.37 Å². The van der Waals surface area contributed by atoms with Crippen LogP contribution in [0.15, 0.2) is 36.4 Å². The van der Waals surface area contributed by atoms with E-state index in [4.69, 9.17) is 4.74 Å². The normalized spacial score (nSPS) is 19.7. The molecule has 0 saturated carbocycles. The van der Waals surface area contributed by atoms with E-state index in [9.17, 15) is 13.8 Å². The van der Waals surface area contributed by atoms with E-state index in [-0.39, 0.29) is 45.9 Å². The van der Waals surface area contributed by atoms with Crippen LogP contribution in [-0.2, 0) is 4.57 Å². The molecule has 1 unspecified atom stereocenters. The third kappa shape index (κ3) is 2.39. The van der Waals surface area contributed by atoms with Crippen molar-refractivity contribution in [1.82, 2.24) is 0 Å². The van der Waals surface area contributed by atoms with Crippen molar-refractivity contribution in [2.45, 2.75) is 6.92 Å². The average molecular weight is 287 g/mol. The van der Waals surface area contributed by atoms with Gasteiger partial charge in [0.1, 0.15) is 17.3 Å². The molecule has 1 heterocycles. The number of ether oxygens (including phenoxy) is 1. The van der Waals surface area contributed by atoms with Gasteiger partial charge in [0.15, 0.2) is 0 Å². The molecule has 3 rings (SSSR count). The molecule has 0 fully saturated rings. The minimum atomic E-state index is -3.79. The molecule has 0 radical (unpaired) electrons. The van der Waals surface area contributed by atoms with Gasteiger partial charge in [-0.05, 0) is 37.3 Å². The number of hydrogen-bond acceptors (Lipinski definition) is 2. The molecular formula is C13H10FNaO3P+. The van der Waals surface area contributed by atoms with Crippen LogP contribution in [0.25, 0.3) is 0 Å². The first-order chi connectivity index (χ1) is 8.48. The summed E-state index contributed by atoms with van der Waals surface area (Å²) in [6, 6.07) is 8.69. The Morgan fingerprint density at radius 2 is 1.68 bits per heavy atom. The summed E-state index contributed by atoms with van der Waals surface area (Å²) >= 11 is 0. The zero-order valence-electron chi connectivity index (χ0n) is 10.6. The van der Waals surface area contributed by atoms with Crippen molar-refractivity contribution >= 4 is 18.0 Å². The van der Waals surface area contributed by atoms with Gasteiger partial charge in [0.05, 0.1) is 10.6 Å². The van der Waals surface area contributed by atoms with E-state index in [1.807, 2.05) is 6.92 Å². The molecule has 1 N–H and O–H groups in total. The van der Waals surface area contributed by atoms with Crippen LogP contribution in [0.3, 0.4) is 0 Å². The van der Waals surface area contributed by atoms with Gasteiger partial charge in [-0.15, -0.1) is 0 Å². The number of hydrogen-bond donors (Lipinski definition) is 1. The monoisotopic (exact) mass is 287 g/mol. The number of rotatable bonds is 0. The number of aryl methyl sites for hydroxylation is 1. The van der Waals surface area contributed by atoms with E-state index in [0.29, 0.717) is 5.75 Å². The molecule has 0 aromatic heterocycles. The Hall–Kier alpha value is -0.640. The molecule has 1 aliphatic heterocycles. The molecule has 1 aliphatic rings. The van der Waals surface area contributed by atoms with Crippen molar-refractivity contribution in [2.75, 3.05) is 0 Å². The van der Waals surface area contributed by atoms with E-state index < -0.39 is 13.2 Å². The smallest absolute Gasteiger partial charge is 0.456 e. The molecule has 2 aromatic carbocycles.